The van der Waals surface area contributed by atoms with Crippen molar-refractivity contribution in [1.82, 2.24) is 4.90 Å². The number of hydrogen-bond donors (Lipinski definition) is 1. The minimum atomic E-state index is -0.696. The summed E-state index contributed by atoms with van der Waals surface area (Å²) in [5.74, 6) is 2.11. The molecule has 1 heterocycles. The number of carbonyl (C=O) groups excluding carboxylic acids is 1. The van der Waals surface area contributed by atoms with Gasteiger partial charge in [-0.3, -0.25) is 9.69 Å². The average molecular weight is 389 g/mol. The molecule has 5 nitrogen and oxygen atoms in total. The third kappa shape index (κ3) is 5.48. The van der Waals surface area contributed by atoms with Crippen molar-refractivity contribution in [2.75, 3.05) is 38.7 Å². The Balaban J connectivity index is 1.48. The van der Waals surface area contributed by atoms with E-state index >= 15 is 0 Å². The Morgan fingerprint density at radius 3 is 2.61 bits per heavy atom. The summed E-state index contributed by atoms with van der Waals surface area (Å²) in [4.78, 5) is 15.3. The van der Waals surface area contributed by atoms with E-state index in [1.807, 2.05) is 24.3 Å². The lowest BCUT2D eigenvalue weighted by atomic mass is 9.78. The molecule has 3 rings (SSSR count). The van der Waals surface area contributed by atoms with Crippen molar-refractivity contribution in [3.63, 3.8) is 0 Å². The number of nitrogens with zero attached hydrogens (tertiary/aromatic N) is 1. The van der Waals surface area contributed by atoms with Gasteiger partial charge in [-0.1, -0.05) is 20.3 Å². The highest BCUT2D eigenvalue weighted by Gasteiger charge is 2.41. The summed E-state index contributed by atoms with van der Waals surface area (Å²) < 4.78 is 11.6. The lowest BCUT2D eigenvalue weighted by Crippen LogP contribution is -2.47. The Hall–Kier alpha value is -1.59. The molecule has 1 aromatic carbocycles. The maximum absolute atomic E-state index is 12.9. The van der Waals surface area contributed by atoms with Gasteiger partial charge in [0.15, 0.2) is 0 Å². The molecule has 3 atom stereocenters. The van der Waals surface area contributed by atoms with Crippen LogP contribution in [0.2, 0.25) is 0 Å². The zero-order valence-corrected chi connectivity index (χ0v) is 17.7. The van der Waals surface area contributed by atoms with Gasteiger partial charge in [0, 0.05) is 25.9 Å². The Bertz CT molecular complexity index is 633. The number of rotatable bonds is 7. The van der Waals surface area contributed by atoms with Crippen LogP contribution in [0.4, 0.5) is 5.69 Å². The fourth-order valence-electron chi connectivity index (χ4n) is 4.65. The smallest absolute Gasteiger partial charge is 0.256 e. The summed E-state index contributed by atoms with van der Waals surface area (Å²) in [6.07, 6.45) is 6.40. The average Bonchev–Trinajstić information content (AvgIpc) is 2.69. The summed E-state index contributed by atoms with van der Waals surface area (Å²) in [6.45, 7) is 8.53. The molecule has 1 N–H and O–H groups in total. The first kappa shape index (κ1) is 21.1. The molecule has 0 bridgehead atoms. The number of anilines is 1. The number of nitrogens with one attached hydrogen (secondary N) is 1. The molecule has 0 unspecified atom stereocenters. The molecule has 2 aliphatic rings. The van der Waals surface area contributed by atoms with E-state index in [2.05, 4.69) is 24.1 Å². The highest BCUT2D eigenvalue weighted by Crippen LogP contribution is 2.35. The standard InChI is InChI=1S/C23H36N2O3/c1-18-6-4-12-23(16-18,27-3)22(26)24-20-8-10-21(11-9-20)28-15-14-25-13-5-7-19(2)17-25/h8-11,18-19H,4-7,12-17H2,1-3H3,(H,24,26)/t18-,19-,23+/m0/s1. The van der Waals surface area contributed by atoms with Crippen molar-refractivity contribution < 1.29 is 14.3 Å². The lowest BCUT2D eigenvalue weighted by Gasteiger charge is -2.37. The van der Waals surface area contributed by atoms with Crippen LogP contribution in [-0.2, 0) is 9.53 Å². The van der Waals surface area contributed by atoms with Crippen LogP contribution < -0.4 is 10.1 Å². The van der Waals surface area contributed by atoms with Crippen molar-refractivity contribution >= 4 is 11.6 Å². The highest BCUT2D eigenvalue weighted by atomic mass is 16.5. The zero-order chi connectivity index (χ0) is 20.0. The molecule has 1 saturated carbocycles. The van der Waals surface area contributed by atoms with Crippen molar-refractivity contribution in [3.8, 4) is 5.75 Å². The fourth-order valence-corrected chi connectivity index (χ4v) is 4.65. The quantitative estimate of drug-likeness (QED) is 0.755. The predicted molar refractivity (Wildman–Crippen MR) is 113 cm³/mol. The second-order valence-corrected chi connectivity index (χ2v) is 8.77. The van der Waals surface area contributed by atoms with Gasteiger partial charge in [-0.25, -0.2) is 0 Å². The van der Waals surface area contributed by atoms with Gasteiger partial charge >= 0.3 is 0 Å². The summed E-state index contributed by atoms with van der Waals surface area (Å²) in [5.41, 5.74) is 0.0927. The predicted octanol–water partition coefficient (Wildman–Crippen LogP) is 4.33. The number of hydrogen-bond acceptors (Lipinski definition) is 4. The van der Waals surface area contributed by atoms with Gasteiger partial charge in [0.25, 0.3) is 5.91 Å². The van der Waals surface area contributed by atoms with Crippen LogP contribution in [-0.4, -0.2) is 49.8 Å². The largest absolute Gasteiger partial charge is 0.492 e. The second-order valence-electron chi connectivity index (χ2n) is 8.77. The number of carbonyl (C=O) groups is 1. The maximum atomic E-state index is 12.9. The summed E-state index contributed by atoms with van der Waals surface area (Å²) in [5, 5.41) is 3.04. The van der Waals surface area contributed by atoms with Crippen LogP contribution >= 0.6 is 0 Å². The van der Waals surface area contributed by atoms with Crippen LogP contribution in [0.3, 0.4) is 0 Å². The van der Waals surface area contributed by atoms with Crippen LogP contribution in [0, 0.1) is 11.8 Å². The number of benzene rings is 1. The second kappa shape index (κ2) is 9.75. The summed E-state index contributed by atoms with van der Waals surface area (Å²) in [7, 11) is 1.65. The number of amides is 1. The van der Waals surface area contributed by atoms with E-state index in [1.165, 1.54) is 32.4 Å². The van der Waals surface area contributed by atoms with E-state index in [4.69, 9.17) is 9.47 Å². The minimum absolute atomic E-state index is 0.0329. The molecule has 1 amide bonds. The zero-order valence-electron chi connectivity index (χ0n) is 17.7. The molecular weight excluding hydrogens is 352 g/mol. The highest BCUT2D eigenvalue weighted by molar-refractivity contribution is 5.97. The molecule has 28 heavy (non-hydrogen) atoms. The molecule has 1 aromatic rings. The number of piperidine rings is 1. The van der Waals surface area contributed by atoms with Crippen LogP contribution in [0.5, 0.6) is 5.75 Å². The third-order valence-corrected chi connectivity index (χ3v) is 6.29. The van der Waals surface area contributed by atoms with Gasteiger partial charge in [0.2, 0.25) is 0 Å². The van der Waals surface area contributed by atoms with Crippen molar-refractivity contribution in [3.05, 3.63) is 24.3 Å². The van der Waals surface area contributed by atoms with Gasteiger partial charge in [-0.2, -0.15) is 0 Å². The lowest BCUT2D eigenvalue weighted by molar-refractivity contribution is -0.143. The number of ether oxygens (including phenoxy) is 2. The van der Waals surface area contributed by atoms with Gasteiger partial charge in [0.05, 0.1) is 0 Å². The Morgan fingerprint density at radius 1 is 1.18 bits per heavy atom. The number of likely N-dealkylation sites (tertiary alicyclic amines) is 1. The van der Waals surface area contributed by atoms with E-state index in [0.717, 1.165) is 43.2 Å². The molecule has 1 aliphatic carbocycles. The third-order valence-electron chi connectivity index (χ3n) is 6.29. The molecule has 1 saturated heterocycles. The molecule has 2 fully saturated rings. The van der Waals surface area contributed by atoms with E-state index in [-0.39, 0.29) is 5.91 Å². The monoisotopic (exact) mass is 388 g/mol. The van der Waals surface area contributed by atoms with Crippen LogP contribution in [0.1, 0.15) is 52.4 Å². The van der Waals surface area contributed by atoms with Gasteiger partial charge in [-0.05, 0) is 74.8 Å². The van der Waals surface area contributed by atoms with E-state index in [1.54, 1.807) is 7.11 Å². The van der Waals surface area contributed by atoms with Crippen molar-refractivity contribution in [2.45, 2.75) is 58.0 Å². The first-order valence-corrected chi connectivity index (χ1v) is 10.8. The van der Waals surface area contributed by atoms with Crippen molar-refractivity contribution in [2.24, 2.45) is 11.8 Å². The molecule has 5 heteroatoms. The Labute approximate surface area is 169 Å². The van der Waals surface area contributed by atoms with Crippen LogP contribution in [0.25, 0.3) is 0 Å². The Kier molecular flexibility index (Phi) is 7.36. The molecule has 156 valence electrons. The SMILES string of the molecule is CO[C@]1(C(=O)Nc2ccc(OCCN3CCC[C@H](C)C3)cc2)CCC[C@H](C)C1. The summed E-state index contributed by atoms with van der Waals surface area (Å²) in [6, 6.07) is 7.67. The molecule has 0 spiro atoms. The van der Waals surface area contributed by atoms with E-state index in [0.29, 0.717) is 12.5 Å². The molecule has 1 aliphatic heterocycles. The molecule has 0 aromatic heterocycles. The van der Waals surface area contributed by atoms with E-state index < -0.39 is 5.60 Å². The topological polar surface area (TPSA) is 50.8 Å². The fraction of sp³-hybridized carbons (Fsp3) is 0.696. The van der Waals surface area contributed by atoms with Gasteiger partial charge < -0.3 is 14.8 Å². The first-order chi connectivity index (χ1) is 13.5. The molecular formula is C23H36N2O3. The van der Waals surface area contributed by atoms with Gasteiger partial charge in [-0.15, -0.1) is 0 Å². The molecule has 0 radical (unpaired) electrons. The Morgan fingerprint density at radius 2 is 1.93 bits per heavy atom. The van der Waals surface area contributed by atoms with Gasteiger partial charge in [0.1, 0.15) is 18.0 Å². The number of methoxy groups -OCH3 is 1. The minimum Gasteiger partial charge on any atom is -0.492 e. The summed E-state index contributed by atoms with van der Waals surface area (Å²) >= 11 is 0. The van der Waals surface area contributed by atoms with Crippen LogP contribution in [0.15, 0.2) is 24.3 Å². The van der Waals surface area contributed by atoms with E-state index in [9.17, 15) is 4.79 Å². The van der Waals surface area contributed by atoms with Crippen molar-refractivity contribution in [1.29, 1.82) is 0 Å². The normalized spacial score (nSPS) is 28.7. The first-order valence-electron chi connectivity index (χ1n) is 10.8. The maximum Gasteiger partial charge on any atom is 0.256 e.